The van der Waals surface area contributed by atoms with Gasteiger partial charge in [-0.1, -0.05) is 18.5 Å². The van der Waals surface area contributed by atoms with Gasteiger partial charge < -0.3 is 4.74 Å². The summed E-state index contributed by atoms with van der Waals surface area (Å²) in [6, 6.07) is 5.25. The van der Waals surface area contributed by atoms with Gasteiger partial charge in [-0.3, -0.25) is 4.79 Å². The third-order valence-corrected chi connectivity index (χ3v) is 3.18. The molecule has 3 heteroatoms. The van der Waals surface area contributed by atoms with Gasteiger partial charge >= 0.3 is 5.97 Å². The van der Waals surface area contributed by atoms with Crippen molar-refractivity contribution >= 4 is 17.6 Å². The van der Waals surface area contributed by atoms with Crippen molar-refractivity contribution in [2.75, 3.05) is 0 Å². The molecule has 0 N–H and O–H groups in total. The van der Waals surface area contributed by atoms with Crippen LogP contribution in [0.15, 0.2) is 18.2 Å². The van der Waals surface area contributed by atoms with Gasteiger partial charge in [0.1, 0.15) is 5.75 Å². The lowest BCUT2D eigenvalue weighted by molar-refractivity contribution is -0.136. The van der Waals surface area contributed by atoms with Crippen molar-refractivity contribution < 1.29 is 9.53 Å². The van der Waals surface area contributed by atoms with E-state index in [-0.39, 0.29) is 11.9 Å². The molecule has 1 aromatic carbocycles. The zero-order valence-electron chi connectivity index (χ0n) is 8.79. The summed E-state index contributed by atoms with van der Waals surface area (Å²) >= 11 is 5.87. The predicted molar refractivity (Wildman–Crippen MR) is 59.1 cm³/mol. The zero-order chi connectivity index (χ0) is 11.0. The van der Waals surface area contributed by atoms with E-state index in [9.17, 15) is 4.79 Å². The van der Waals surface area contributed by atoms with Crippen molar-refractivity contribution in [3.05, 3.63) is 28.8 Å². The van der Waals surface area contributed by atoms with E-state index < -0.39 is 0 Å². The van der Waals surface area contributed by atoms with Crippen LogP contribution in [0.25, 0.3) is 0 Å². The standard InChI is InChI=1S/C12H13ClO2/c1-7-6-10(7)12(14)15-9-3-4-11(13)8(2)5-9/h3-5,7,10H,6H2,1-2H3. The fraction of sp³-hybridized carbons (Fsp3) is 0.417. The number of rotatable bonds is 2. The van der Waals surface area contributed by atoms with E-state index in [2.05, 4.69) is 6.92 Å². The first-order chi connectivity index (χ1) is 7.08. The molecule has 0 radical (unpaired) electrons. The van der Waals surface area contributed by atoms with Crippen LogP contribution in [0.4, 0.5) is 0 Å². The average molecular weight is 225 g/mol. The van der Waals surface area contributed by atoms with Gasteiger partial charge in [0.2, 0.25) is 0 Å². The first-order valence-electron chi connectivity index (χ1n) is 5.06. The monoisotopic (exact) mass is 224 g/mol. The van der Waals surface area contributed by atoms with Crippen molar-refractivity contribution in [1.29, 1.82) is 0 Å². The van der Waals surface area contributed by atoms with Gasteiger partial charge in [0.05, 0.1) is 5.92 Å². The molecule has 1 aliphatic rings. The number of hydrogen-bond acceptors (Lipinski definition) is 2. The minimum Gasteiger partial charge on any atom is -0.426 e. The second-order valence-corrected chi connectivity index (χ2v) is 4.56. The molecule has 1 aromatic rings. The van der Waals surface area contributed by atoms with Crippen molar-refractivity contribution in [2.24, 2.45) is 11.8 Å². The summed E-state index contributed by atoms with van der Waals surface area (Å²) < 4.78 is 5.25. The van der Waals surface area contributed by atoms with Crippen LogP contribution >= 0.6 is 11.6 Å². The van der Waals surface area contributed by atoms with Crippen molar-refractivity contribution in [1.82, 2.24) is 0 Å². The molecule has 80 valence electrons. The van der Waals surface area contributed by atoms with Crippen molar-refractivity contribution in [2.45, 2.75) is 20.3 Å². The Bertz CT molecular complexity index is 401. The van der Waals surface area contributed by atoms with Crippen LogP contribution in [0.2, 0.25) is 5.02 Å². The first kappa shape index (κ1) is 10.5. The molecule has 1 aliphatic carbocycles. The molecule has 0 bridgehead atoms. The number of hydrogen-bond donors (Lipinski definition) is 0. The van der Waals surface area contributed by atoms with E-state index in [1.807, 2.05) is 6.92 Å². The number of halogens is 1. The van der Waals surface area contributed by atoms with E-state index in [4.69, 9.17) is 16.3 Å². The molecular formula is C12H13ClO2. The Labute approximate surface area is 94.2 Å². The van der Waals surface area contributed by atoms with Gasteiger partial charge in [-0.15, -0.1) is 0 Å². The molecule has 0 aliphatic heterocycles. The van der Waals surface area contributed by atoms with Crippen LogP contribution in [0.3, 0.4) is 0 Å². The molecule has 2 rings (SSSR count). The van der Waals surface area contributed by atoms with Crippen LogP contribution in [0.1, 0.15) is 18.9 Å². The highest BCUT2D eigenvalue weighted by atomic mass is 35.5. The van der Waals surface area contributed by atoms with Gasteiger partial charge in [-0.2, -0.15) is 0 Å². The summed E-state index contributed by atoms with van der Waals surface area (Å²) in [5.74, 6) is 1.04. The fourth-order valence-corrected chi connectivity index (χ4v) is 1.64. The Morgan fingerprint density at radius 3 is 2.73 bits per heavy atom. The number of benzene rings is 1. The summed E-state index contributed by atoms with van der Waals surface area (Å²) in [5, 5.41) is 0.689. The SMILES string of the molecule is Cc1cc(OC(=O)C2CC2C)ccc1Cl. The Hall–Kier alpha value is -1.02. The van der Waals surface area contributed by atoms with Crippen LogP contribution in [-0.4, -0.2) is 5.97 Å². The van der Waals surface area contributed by atoms with E-state index in [1.54, 1.807) is 18.2 Å². The van der Waals surface area contributed by atoms with E-state index in [0.717, 1.165) is 12.0 Å². The van der Waals surface area contributed by atoms with E-state index in [1.165, 1.54) is 0 Å². The van der Waals surface area contributed by atoms with Gasteiger partial charge in [0.25, 0.3) is 0 Å². The number of aryl methyl sites for hydroxylation is 1. The van der Waals surface area contributed by atoms with Gasteiger partial charge in [-0.05, 0) is 43.0 Å². The lowest BCUT2D eigenvalue weighted by atomic mass is 10.2. The van der Waals surface area contributed by atoms with Crippen molar-refractivity contribution in [3.63, 3.8) is 0 Å². The normalized spacial score (nSPS) is 23.7. The Morgan fingerprint density at radius 1 is 1.53 bits per heavy atom. The number of carbonyl (C=O) groups is 1. The van der Waals surface area contributed by atoms with Crippen LogP contribution in [-0.2, 0) is 4.79 Å². The van der Waals surface area contributed by atoms with Crippen molar-refractivity contribution in [3.8, 4) is 5.75 Å². The highest BCUT2D eigenvalue weighted by molar-refractivity contribution is 6.31. The second kappa shape index (κ2) is 3.86. The molecule has 15 heavy (non-hydrogen) atoms. The molecule has 0 spiro atoms. The maximum atomic E-state index is 11.5. The summed E-state index contributed by atoms with van der Waals surface area (Å²) in [6.45, 7) is 3.94. The van der Waals surface area contributed by atoms with Crippen LogP contribution in [0, 0.1) is 18.8 Å². The summed E-state index contributed by atoms with van der Waals surface area (Å²) in [6.07, 6.45) is 0.950. The highest BCUT2D eigenvalue weighted by Gasteiger charge is 2.40. The van der Waals surface area contributed by atoms with Gasteiger partial charge in [0.15, 0.2) is 0 Å². The Kier molecular flexibility index (Phi) is 2.70. The topological polar surface area (TPSA) is 26.3 Å². The third-order valence-electron chi connectivity index (χ3n) is 2.76. The fourth-order valence-electron chi connectivity index (χ4n) is 1.52. The lowest BCUT2D eigenvalue weighted by Crippen LogP contribution is -2.11. The summed E-state index contributed by atoms with van der Waals surface area (Å²) in [4.78, 5) is 11.5. The third kappa shape index (κ3) is 2.32. The Morgan fingerprint density at radius 2 is 2.20 bits per heavy atom. The summed E-state index contributed by atoms with van der Waals surface area (Å²) in [5.41, 5.74) is 0.922. The minimum atomic E-state index is -0.121. The molecule has 2 unspecified atom stereocenters. The molecular weight excluding hydrogens is 212 g/mol. The van der Waals surface area contributed by atoms with Gasteiger partial charge in [-0.25, -0.2) is 0 Å². The Balaban J connectivity index is 2.04. The summed E-state index contributed by atoms with van der Waals surface area (Å²) in [7, 11) is 0. The van der Waals surface area contributed by atoms with Gasteiger partial charge in [0, 0.05) is 5.02 Å². The molecule has 2 atom stereocenters. The number of carbonyl (C=O) groups excluding carboxylic acids is 1. The quantitative estimate of drug-likeness (QED) is 0.570. The maximum absolute atomic E-state index is 11.5. The molecule has 0 heterocycles. The maximum Gasteiger partial charge on any atom is 0.314 e. The van der Waals surface area contributed by atoms with E-state index >= 15 is 0 Å². The zero-order valence-corrected chi connectivity index (χ0v) is 9.54. The molecule has 0 amide bonds. The van der Waals surface area contributed by atoms with Crippen LogP contribution in [0.5, 0.6) is 5.75 Å². The molecule has 1 saturated carbocycles. The molecule has 2 nitrogen and oxygen atoms in total. The number of esters is 1. The lowest BCUT2D eigenvalue weighted by Gasteiger charge is -2.05. The van der Waals surface area contributed by atoms with Crippen LogP contribution < -0.4 is 4.74 Å². The number of ether oxygens (including phenoxy) is 1. The molecule has 0 aromatic heterocycles. The first-order valence-corrected chi connectivity index (χ1v) is 5.43. The predicted octanol–water partition coefficient (Wildman–Crippen LogP) is 3.21. The minimum absolute atomic E-state index is 0.0981. The molecule has 0 saturated heterocycles. The van der Waals surface area contributed by atoms with E-state index in [0.29, 0.717) is 16.7 Å². The smallest absolute Gasteiger partial charge is 0.314 e. The average Bonchev–Trinajstić information content (AvgIpc) is 2.89. The second-order valence-electron chi connectivity index (χ2n) is 4.15. The molecule has 1 fully saturated rings. The largest absolute Gasteiger partial charge is 0.426 e. The highest BCUT2D eigenvalue weighted by Crippen LogP contribution is 2.38.